The van der Waals surface area contributed by atoms with Crippen molar-refractivity contribution < 1.29 is 4.79 Å². The smallest absolute Gasteiger partial charge is 0.253 e. The molecule has 0 saturated heterocycles. The third-order valence-electron chi connectivity index (χ3n) is 4.26. The zero-order valence-electron chi connectivity index (χ0n) is 17.0. The van der Waals surface area contributed by atoms with Crippen molar-refractivity contribution in [2.45, 2.75) is 12.8 Å². The number of anilines is 1. The largest absolute Gasteiger partial charge is 0.385 e. The average Bonchev–Trinajstić information content (AvgIpc) is 2.72. The van der Waals surface area contributed by atoms with Crippen molar-refractivity contribution in [3.63, 3.8) is 0 Å². The second kappa shape index (κ2) is 11.6. The molecule has 150 valence electrons. The van der Waals surface area contributed by atoms with E-state index in [-0.39, 0.29) is 5.91 Å². The molecule has 3 N–H and O–H groups in total. The van der Waals surface area contributed by atoms with E-state index in [2.05, 4.69) is 33.1 Å². The fourth-order valence-electron chi connectivity index (χ4n) is 2.75. The molecule has 0 heterocycles. The molecule has 2 aromatic carbocycles. The van der Waals surface area contributed by atoms with E-state index in [1.54, 1.807) is 26.0 Å². The number of para-hydroxylation sites is 1. The van der Waals surface area contributed by atoms with Crippen LogP contribution in [-0.2, 0) is 6.42 Å². The zero-order chi connectivity index (χ0) is 20.2. The standard InChI is InChI=1S/C22H31N5O/c1-23-22(25-15-8-14-24-20-11-5-4-6-12-20)26-16-13-18-9-7-10-19(17-18)21(28)27(2)3/h4-7,9-12,17,24H,8,13-16H2,1-3H3,(H2,23,25,26). The molecule has 6 heteroatoms. The fourth-order valence-corrected chi connectivity index (χ4v) is 2.75. The number of benzene rings is 2. The summed E-state index contributed by atoms with van der Waals surface area (Å²) in [6.07, 6.45) is 1.81. The normalized spacial score (nSPS) is 11.0. The Morgan fingerprint density at radius 2 is 1.71 bits per heavy atom. The second-order valence-corrected chi connectivity index (χ2v) is 6.72. The van der Waals surface area contributed by atoms with Crippen molar-refractivity contribution in [3.8, 4) is 0 Å². The quantitative estimate of drug-likeness (QED) is 0.355. The minimum absolute atomic E-state index is 0.0244. The molecule has 6 nitrogen and oxygen atoms in total. The first-order valence-electron chi connectivity index (χ1n) is 9.64. The topological polar surface area (TPSA) is 68.8 Å². The van der Waals surface area contributed by atoms with Crippen molar-refractivity contribution in [1.82, 2.24) is 15.5 Å². The fraction of sp³-hybridized carbons (Fsp3) is 0.364. The van der Waals surface area contributed by atoms with E-state index in [4.69, 9.17) is 0 Å². The van der Waals surface area contributed by atoms with Crippen LogP contribution >= 0.6 is 0 Å². The molecule has 0 aliphatic heterocycles. The van der Waals surface area contributed by atoms with Gasteiger partial charge in [-0.3, -0.25) is 9.79 Å². The first-order valence-corrected chi connectivity index (χ1v) is 9.64. The van der Waals surface area contributed by atoms with Gasteiger partial charge in [-0.25, -0.2) is 0 Å². The lowest BCUT2D eigenvalue weighted by Crippen LogP contribution is -2.39. The molecule has 0 unspecified atom stereocenters. The Balaban J connectivity index is 1.67. The summed E-state index contributed by atoms with van der Waals surface area (Å²) in [6.45, 7) is 2.49. The monoisotopic (exact) mass is 381 g/mol. The summed E-state index contributed by atoms with van der Waals surface area (Å²) in [5, 5.41) is 10.0. The highest BCUT2D eigenvalue weighted by molar-refractivity contribution is 5.94. The Bertz CT molecular complexity index is 759. The average molecular weight is 382 g/mol. The molecule has 0 radical (unpaired) electrons. The molecule has 0 aromatic heterocycles. The first kappa shape index (κ1) is 21.3. The van der Waals surface area contributed by atoms with Crippen molar-refractivity contribution >= 4 is 17.6 Å². The van der Waals surface area contributed by atoms with Crippen LogP contribution in [-0.4, -0.2) is 57.5 Å². The van der Waals surface area contributed by atoms with Gasteiger partial charge >= 0.3 is 0 Å². The van der Waals surface area contributed by atoms with Crippen LogP contribution in [0, 0.1) is 0 Å². The number of aliphatic imine (C=N–C) groups is 1. The van der Waals surface area contributed by atoms with Crippen LogP contribution in [0.15, 0.2) is 59.6 Å². The minimum atomic E-state index is 0.0244. The lowest BCUT2D eigenvalue weighted by Gasteiger charge is -2.13. The molecule has 1 amide bonds. The molecule has 0 spiro atoms. The highest BCUT2D eigenvalue weighted by atomic mass is 16.2. The molecule has 0 aliphatic carbocycles. The molecule has 0 aliphatic rings. The maximum atomic E-state index is 12.1. The Labute approximate surface area is 168 Å². The summed E-state index contributed by atoms with van der Waals surface area (Å²) in [7, 11) is 5.30. The van der Waals surface area contributed by atoms with E-state index >= 15 is 0 Å². The van der Waals surface area contributed by atoms with Crippen LogP contribution < -0.4 is 16.0 Å². The van der Waals surface area contributed by atoms with Gasteiger partial charge in [-0.2, -0.15) is 0 Å². The Morgan fingerprint density at radius 1 is 0.964 bits per heavy atom. The van der Waals surface area contributed by atoms with Crippen molar-refractivity contribution in [2.24, 2.45) is 4.99 Å². The van der Waals surface area contributed by atoms with Gasteiger partial charge in [-0.05, 0) is 42.7 Å². The summed E-state index contributed by atoms with van der Waals surface area (Å²) in [5.41, 5.74) is 2.98. The lowest BCUT2D eigenvalue weighted by atomic mass is 10.1. The SMILES string of the molecule is CN=C(NCCCNc1ccccc1)NCCc1cccc(C(=O)N(C)C)c1. The lowest BCUT2D eigenvalue weighted by molar-refractivity contribution is 0.0827. The molecular formula is C22H31N5O. The number of hydrogen-bond donors (Lipinski definition) is 3. The van der Waals surface area contributed by atoms with Gasteiger partial charge in [0.15, 0.2) is 5.96 Å². The van der Waals surface area contributed by atoms with Gasteiger partial charge < -0.3 is 20.9 Å². The number of nitrogens with one attached hydrogen (secondary N) is 3. The minimum Gasteiger partial charge on any atom is -0.385 e. The predicted octanol–water partition coefficient (Wildman–Crippen LogP) is 2.60. The maximum Gasteiger partial charge on any atom is 0.253 e. The van der Waals surface area contributed by atoms with E-state index < -0.39 is 0 Å². The summed E-state index contributed by atoms with van der Waals surface area (Å²) in [6, 6.07) is 18.0. The van der Waals surface area contributed by atoms with Crippen LogP contribution in [0.3, 0.4) is 0 Å². The Kier molecular flexibility index (Phi) is 8.85. The van der Waals surface area contributed by atoms with E-state index in [0.29, 0.717) is 0 Å². The van der Waals surface area contributed by atoms with Crippen LogP contribution in [0.4, 0.5) is 5.69 Å². The van der Waals surface area contributed by atoms with Gasteiger partial charge in [0.05, 0.1) is 0 Å². The number of guanidine groups is 1. The van der Waals surface area contributed by atoms with Crippen molar-refractivity contribution in [1.29, 1.82) is 0 Å². The van der Waals surface area contributed by atoms with Crippen LogP contribution in [0.1, 0.15) is 22.3 Å². The zero-order valence-corrected chi connectivity index (χ0v) is 17.0. The van der Waals surface area contributed by atoms with Crippen molar-refractivity contribution in [3.05, 3.63) is 65.7 Å². The summed E-state index contributed by atoms with van der Waals surface area (Å²) < 4.78 is 0. The highest BCUT2D eigenvalue weighted by Gasteiger charge is 2.08. The predicted molar refractivity (Wildman–Crippen MR) is 117 cm³/mol. The molecule has 0 atom stereocenters. The number of hydrogen-bond acceptors (Lipinski definition) is 3. The van der Waals surface area contributed by atoms with E-state index in [9.17, 15) is 4.79 Å². The molecule has 28 heavy (non-hydrogen) atoms. The molecule has 0 saturated carbocycles. The maximum absolute atomic E-state index is 12.1. The second-order valence-electron chi connectivity index (χ2n) is 6.72. The van der Waals surface area contributed by atoms with Gasteiger partial charge in [-0.1, -0.05) is 30.3 Å². The molecular weight excluding hydrogens is 350 g/mol. The Hall–Kier alpha value is -3.02. The van der Waals surface area contributed by atoms with Gasteiger partial charge in [0, 0.05) is 52.0 Å². The highest BCUT2D eigenvalue weighted by Crippen LogP contribution is 2.08. The van der Waals surface area contributed by atoms with E-state index in [1.807, 2.05) is 42.5 Å². The van der Waals surface area contributed by atoms with E-state index in [1.165, 1.54) is 0 Å². The van der Waals surface area contributed by atoms with Gasteiger partial charge in [0.1, 0.15) is 0 Å². The van der Waals surface area contributed by atoms with Crippen LogP contribution in [0.25, 0.3) is 0 Å². The molecule has 2 rings (SSSR count). The van der Waals surface area contributed by atoms with Crippen LogP contribution in [0.5, 0.6) is 0 Å². The van der Waals surface area contributed by atoms with Crippen LogP contribution in [0.2, 0.25) is 0 Å². The van der Waals surface area contributed by atoms with Gasteiger partial charge in [-0.15, -0.1) is 0 Å². The van der Waals surface area contributed by atoms with Gasteiger partial charge in [0.2, 0.25) is 0 Å². The summed E-state index contributed by atoms with van der Waals surface area (Å²) in [4.78, 5) is 17.9. The summed E-state index contributed by atoms with van der Waals surface area (Å²) >= 11 is 0. The summed E-state index contributed by atoms with van der Waals surface area (Å²) in [5.74, 6) is 0.816. The number of nitrogens with zero attached hydrogens (tertiary/aromatic N) is 2. The number of carbonyl (C=O) groups is 1. The number of carbonyl (C=O) groups excluding carboxylic acids is 1. The Morgan fingerprint density at radius 3 is 2.43 bits per heavy atom. The van der Waals surface area contributed by atoms with Crippen molar-refractivity contribution in [2.75, 3.05) is 46.1 Å². The van der Waals surface area contributed by atoms with Gasteiger partial charge in [0.25, 0.3) is 5.91 Å². The molecule has 0 bridgehead atoms. The number of rotatable bonds is 9. The van der Waals surface area contributed by atoms with E-state index in [0.717, 1.165) is 55.2 Å². The number of amides is 1. The molecule has 0 fully saturated rings. The molecule has 2 aromatic rings. The third kappa shape index (κ3) is 7.31. The third-order valence-corrected chi connectivity index (χ3v) is 4.26. The first-order chi connectivity index (χ1) is 13.6.